The van der Waals surface area contributed by atoms with Gasteiger partial charge in [0, 0.05) is 7.11 Å². The molecule has 1 atom stereocenters. The molecule has 0 spiro atoms. The summed E-state index contributed by atoms with van der Waals surface area (Å²) in [5, 5.41) is 0. The van der Waals surface area contributed by atoms with Gasteiger partial charge in [-0.25, -0.2) is 0 Å². The first-order valence-corrected chi connectivity index (χ1v) is 3.83. The molecule has 0 fully saturated rings. The van der Waals surface area contributed by atoms with Crippen molar-refractivity contribution in [2.75, 3.05) is 7.11 Å². The minimum absolute atomic E-state index is 0.0815. The second-order valence-corrected chi connectivity index (χ2v) is 2.63. The summed E-state index contributed by atoms with van der Waals surface area (Å²) >= 11 is 0. The molecular formula is C9H16O2. The summed E-state index contributed by atoms with van der Waals surface area (Å²) < 4.78 is 5.14. The Hall–Kier alpha value is -0.630. The van der Waals surface area contributed by atoms with Gasteiger partial charge in [-0.1, -0.05) is 6.92 Å². The lowest BCUT2D eigenvalue weighted by Crippen LogP contribution is -2.11. The van der Waals surface area contributed by atoms with Crippen LogP contribution in [0.2, 0.25) is 0 Å². The predicted molar refractivity (Wildman–Crippen MR) is 45.5 cm³/mol. The third-order valence-corrected chi connectivity index (χ3v) is 1.59. The maximum absolute atomic E-state index is 10.7. The molecular weight excluding hydrogens is 140 g/mol. The molecule has 2 nitrogen and oxygen atoms in total. The fraction of sp³-hybridized carbons (Fsp3) is 0.667. The van der Waals surface area contributed by atoms with Crippen molar-refractivity contribution in [3.05, 3.63) is 11.6 Å². The van der Waals surface area contributed by atoms with Gasteiger partial charge < -0.3 is 4.74 Å². The van der Waals surface area contributed by atoms with E-state index in [-0.39, 0.29) is 11.9 Å². The van der Waals surface area contributed by atoms with E-state index in [1.54, 1.807) is 20.1 Å². The Kier molecular flexibility index (Phi) is 4.79. The average Bonchev–Trinajstić information content (AvgIpc) is 1.88. The molecule has 0 N–H and O–H groups in total. The van der Waals surface area contributed by atoms with E-state index in [1.807, 2.05) is 13.8 Å². The van der Waals surface area contributed by atoms with Crippen LogP contribution in [-0.4, -0.2) is 19.0 Å². The van der Waals surface area contributed by atoms with Crippen LogP contribution in [0.5, 0.6) is 0 Å². The molecule has 0 saturated heterocycles. The number of hydrogen-bond donors (Lipinski definition) is 0. The molecule has 2 heteroatoms. The lowest BCUT2D eigenvalue weighted by molar-refractivity contribution is -0.112. The molecule has 0 bridgehead atoms. The number of ether oxygens (including phenoxy) is 1. The average molecular weight is 156 g/mol. The second kappa shape index (κ2) is 5.08. The van der Waals surface area contributed by atoms with Gasteiger partial charge in [-0.2, -0.15) is 0 Å². The van der Waals surface area contributed by atoms with Crippen LogP contribution in [0.3, 0.4) is 0 Å². The van der Waals surface area contributed by atoms with Crippen molar-refractivity contribution < 1.29 is 9.53 Å². The van der Waals surface area contributed by atoms with E-state index in [2.05, 4.69) is 0 Å². The quantitative estimate of drug-likeness (QED) is 0.581. The maximum atomic E-state index is 10.7. The van der Waals surface area contributed by atoms with Gasteiger partial charge in [0.15, 0.2) is 5.78 Å². The number of hydrogen-bond acceptors (Lipinski definition) is 2. The maximum Gasteiger partial charge on any atom is 0.152 e. The summed E-state index contributed by atoms with van der Waals surface area (Å²) in [4.78, 5) is 10.7. The largest absolute Gasteiger partial charge is 0.377 e. The monoisotopic (exact) mass is 156 g/mol. The van der Waals surface area contributed by atoms with Crippen LogP contribution in [0.1, 0.15) is 27.2 Å². The highest BCUT2D eigenvalue weighted by atomic mass is 16.5. The molecule has 11 heavy (non-hydrogen) atoms. The third kappa shape index (κ3) is 3.94. The zero-order valence-electron chi connectivity index (χ0n) is 7.68. The molecule has 0 aliphatic carbocycles. The van der Waals surface area contributed by atoms with E-state index >= 15 is 0 Å². The van der Waals surface area contributed by atoms with Gasteiger partial charge in [0.25, 0.3) is 0 Å². The summed E-state index contributed by atoms with van der Waals surface area (Å²) in [5.41, 5.74) is 1.00. The van der Waals surface area contributed by atoms with E-state index in [9.17, 15) is 4.79 Å². The highest BCUT2D eigenvalue weighted by Crippen LogP contribution is 2.08. The van der Waals surface area contributed by atoms with Gasteiger partial charge in [-0.15, -0.1) is 0 Å². The summed E-state index contributed by atoms with van der Waals surface area (Å²) in [6, 6.07) is 0. The van der Waals surface area contributed by atoms with Crippen LogP contribution in [0.4, 0.5) is 0 Å². The lowest BCUT2D eigenvalue weighted by atomic mass is 10.1. The van der Waals surface area contributed by atoms with E-state index < -0.39 is 0 Å². The fourth-order valence-corrected chi connectivity index (χ4v) is 1.09. The van der Waals surface area contributed by atoms with E-state index in [0.717, 1.165) is 12.0 Å². The molecule has 0 amide bonds. The summed E-state index contributed by atoms with van der Waals surface area (Å²) in [7, 11) is 1.66. The first kappa shape index (κ1) is 10.4. The Labute approximate surface area is 68.2 Å². The van der Waals surface area contributed by atoms with Crippen molar-refractivity contribution in [1.82, 2.24) is 0 Å². The van der Waals surface area contributed by atoms with E-state index in [1.165, 1.54) is 0 Å². The highest BCUT2D eigenvalue weighted by molar-refractivity contribution is 5.87. The van der Waals surface area contributed by atoms with Crippen LogP contribution in [0.15, 0.2) is 11.6 Å². The fourth-order valence-electron chi connectivity index (χ4n) is 1.09. The highest BCUT2D eigenvalue weighted by Gasteiger charge is 2.05. The molecule has 0 saturated carbocycles. The van der Waals surface area contributed by atoms with Crippen molar-refractivity contribution in [2.24, 2.45) is 0 Å². The van der Waals surface area contributed by atoms with Crippen LogP contribution in [-0.2, 0) is 9.53 Å². The lowest BCUT2D eigenvalue weighted by Gasteiger charge is -2.12. The zero-order chi connectivity index (χ0) is 8.85. The summed E-state index contributed by atoms with van der Waals surface area (Å²) in [6.45, 7) is 5.50. The minimum atomic E-state index is 0.0815. The van der Waals surface area contributed by atoms with E-state index in [0.29, 0.717) is 0 Å². The molecule has 0 aromatic carbocycles. The molecule has 64 valence electrons. The molecule has 0 aliphatic rings. The van der Waals surface area contributed by atoms with Crippen molar-refractivity contribution in [2.45, 2.75) is 33.3 Å². The van der Waals surface area contributed by atoms with Gasteiger partial charge in [-0.05, 0) is 31.9 Å². The number of allylic oxidation sites excluding steroid dienone is 1. The second-order valence-electron chi connectivity index (χ2n) is 2.63. The number of rotatable bonds is 4. The predicted octanol–water partition coefficient (Wildman–Crippen LogP) is 1.95. The molecule has 0 heterocycles. The van der Waals surface area contributed by atoms with Crippen LogP contribution < -0.4 is 0 Å². The summed E-state index contributed by atoms with van der Waals surface area (Å²) in [6.07, 6.45) is 2.63. The Morgan fingerprint density at radius 1 is 1.55 bits per heavy atom. The van der Waals surface area contributed by atoms with Crippen molar-refractivity contribution in [3.8, 4) is 0 Å². The first-order valence-electron chi connectivity index (χ1n) is 3.83. The molecule has 0 aliphatic heterocycles. The number of ketones is 1. The summed E-state index contributed by atoms with van der Waals surface area (Å²) in [5.74, 6) is 0.0815. The Morgan fingerprint density at radius 3 is 2.36 bits per heavy atom. The van der Waals surface area contributed by atoms with Crippen molar-refractivity contribution in [1.29, 1.82) is 0 Å². The van der Waals surface area contributed by atoms with Crippen molar-refractivity contribution in [3.63, 3.8) is 0 Å². The van der Waals surface area contributed by atoms with Crippen LogP contribution in [0.25, 0.3) is 0 Å². The first-order chi connectivity index (χ1) is 5.11. The standard InChI is InChI=1S/C9H16O2/c1-5-9(11-4)7(2)6-8(3)10/h6,9H,5H2,1-4H3/b7-6+. The third-order valence-electron chi connectivity index (χ3n) is 1.59. The smallest absolute Gasteiger partial charge is 0.152 e. The molecule has 1 unspecified atom stereocenters. The molecule has 0 aromatic rings. The Balaban J connectivity index is 4.18. The zero-order valence-corrected chi connectivity index (χ0v) is 7.68. The van der Waals surface area contributed by atoms with Gasteiger partial charge in [0.2, 0.25) is 0 Å². The number of carbonyl (C=O) groups is 1. The van der Waals surface area contributed by atoms with Crippen LogP contribution in [0, 0.1) is 0 Å². The van der Waals surface area contributed by atoms with Gasteiger partial charge >= 0.3 is 0 Å². The Bertz CT molecular complexity index is 155. The topological polar surface area (TPSA) is 26.3 Å². The van der Waals surface area contributed by atoms with Crippen molar-refractivity contribution >= 4 is 5.78 Å². The number of methoxy groups -OCH3 is 1. The SMILES string of the molecule is CCC(OC)/C(C)=C/C(C)=O. The van der Waals surface area contributed by atoms with E-state index in [4.69, 9.17) is 4.74 Å². The van der Waals surface area contributed by atoms with Gasteiger partial charge in [0.1, 0.15) is 0 Å². The molecule has 0 rings (SSSR count). The van der Waals surface area contributed by atoms with Gasteiger partial charge in [-0.3, -0.25) is 4.79 Å². The Morgan fingerprint density at radius 2 is 2.09 bits per heavy atom. The van der Waals surface area contributed by atoms with Gasteiger partial charge in [0.05, 0.1) is 6.10 Å². The van der Waals surface area contributed by atoms with Crippen LogP contribution >= 0.6 is 0 Å². The minimum Gasteiger partial charge on any atom is -0.377 e. The normalized spacial score (nSPS) is 14.7. The molecule has 0 aromatic heterocycles. The number of carbonyl (C=O) groups excluding carboxylic acids is 1. The molecule has 0 radical (unpaired) electrons.